The lowest BCUT2D eigenvalue weighted by molar-refractivity contribution is 0.0535. The maximum Gasteiger partial charge on any atom is 0.415 e. The number of esters is 1. The van der Waals surface area contributed by atoms with Crippen molar-refractivity contribution in [2.45, 2.75) is 32.6 Å². The molecule has 2 aromatic rings. The molecule has 1 N–H and O–H groups in total. The van der Waals surface area contributed by atoms with Gasteiger partial charge in [0.2, 0.25) is 0 Å². The predicted octanol–water partition coefficient (Wildman–Crippen LogP) is 2.21. The number of carbonyl (C=O) groups excluding carboxylic acids is 2. The van der Waals surface area contributed by atoms with Crippen LogP contribution >= 0.6 is 0 Å². The summed E-state index contributed by atoms with van der Waals surface area (Å²) in [6.45, 7) is 7.69. The van der Waals surface area contributed by atoms with Gasteiger partial charge in [-0.1, -0.05) is 6.07 Å². The summed E-state index contributed by atoms with van der Waals surface area (Å²) in [5.74, 6) is 0.250. The highest BCUT2D eigenvalue weighted by atomic mass is 16.6. The highest BCUT2D eigenvalue weighted by Crippen LogP contribution is 2.30. The Kier molecular flexibility index (Phi) is 5.48. The third-order valence-electron chi connectivity index (χ3n) is 6.67. The Balaban J connectivity index is 1.25. The normalized spacial score (nSPS) is 22.6. The van der Waals surface area contributed by atoms with Crippen molar-refractivity contribution in [1.29, 1.82) is 5.26 Å². The molecule has 2 unspecified atom stereocenters. The predicted molar refractivity (Wildman–Crippen MR) is 119 cm³/mol. The minimum Gasteiger partial charge on any atom is -0.457 e. The summed E-state index contributed by atoms with van der Waals surface area (Å²) >= 11 is 0. The van der Waals surface area contributed by atoms with Gasteiger partial charge in [-0.15, -0.1) is 0 Å². The lowest BCUT2D eigenvalue weighted by Gasteiger charge is -2.35. The molecular formula is C24H25N5O4. The van der Waals surface area contributed by atoms with Gasteiger partial charge in [0.1, 0.15) is 24.6 Å². The first-order chi connectivity index (χ1) is 15.9. The van der Waals surface area contributed by atoms with Crippen LogP contribution in [0.15, 0.2) is 24.4 Å². The van der Waals surface area contributed by atoms with Gasteiger partial charge in [0.15, 0.2) is 0 Å². The molecule has 0 spiro atoms. The quantitative estimate of drug-likeness (QED) is 0.711. The standard InChI is InChI=1S/C24H25N5O4/c1-14-7-22(27-9-16(14)8-25)29-11-17(33-24(29)31)10-28-6-5-26-21(12-28)18-3-4-19-20(15(18)2)13-32-23(19)30/h3-4,7,9,17,21,26H,5-6,10-13H2,1-2H3. The number of fused-ring (bicyclic) bond motifs is 1. The molecule has 9 nitrogen and oxygen atoms in total. The highest BCUT2D eigenvalue weighted by Gasteiger charge is 2.36. The number of rotatable bonds is 4. The number of aromatic nitrogens is 1. The van der Waals surface area contributed by atoms with Gasteiger partial charge in [0.05, 0.1) is 17.7 Å². The summed E-state index contributed by atoms with van der Waals surface area (Å²) in [7, 11) is 0. The molecule has 2 atom stereocenters. The number of aryl methyl sites for hydroxylation is 1. The molecule has 0 radical (unpaired) electrons. The third kappa shape index (κ3) is 3.92. The second kappa shape index (κ2) is 8.46. The van der Waals surface area contributed by atoms with Crippen molar-refractivity contribution in [2.24, 2.45) is 0 Å². The molecule has 0 saturated carbocycles. The Morgan fingerprint density at radius 1 is 1.27 bits per heavy atom. The van der Waals surface area contributed by atoms with E-state index in [-0.39, 0.29) is 18.1 Å². The molecule has 0 bridgehead atoms. The van der Waals surface area contributed by atoms with E-state index in [0.717, 1.165) is 36.3 Å². The molecule has 1 aromatic heterocycles. The van der Waals surface area contributed by atoms with Crippen LogP contribution in [0.3, 0.4) is 0 Å². The molecule has 3 aliphatic rings. The molecule has 5 rings (SSSR count). The zero-order chi connectivity index (χ0) is 23.1. The summed E-state index contributed by atoms with van der Waals surface area (Å²) in [5.41, 5.74) is 5.17. The number of hydrogen-bond acceptors (Lipinski definition) is 8. The van der Waals surface area contributed by atoms with Crippen molar-refractivity contribution >= 4 is 17.9 Å². The Labute approximate surface area is 191 Å². The van der Waals surface area contributed by atoms with E-state index in [1.54, 1.807) is 6.07 Å². The smallest absolute Gasteiger partial charge is 0.415 e. The Morgan fingerprint density at radius 2 is 2.12 bits per heavy atom. The van der Waals surface area contributed by atoms with Crippen LogP contribution in [-0.2, 0) is 16.1 Å². The van der Waals surface area contributed by atoms with Gasteiger partial charge in [0, 0.05) is 44.0 Å². The van der Waals surface area contributed by atoms with Gasteiger partial charge < -0.3 is 14.8 Å². The number of nitrogens with zero attached hydrogens (tertiary/aromatic N) is 4. The lowest BCUT2D eigenvalue weighted by Crippen LogP contribution is -2.48. The zero-order valence-corrected chi connectivity index (χ0v) is 18.6. The van der Waals surface area contributed by atoms with Gasteiger partial charge in [-0.2, -0.15) is 5.26 Å². The maximum atomic E-state index is 12.5. The molecule has 33 heavy (non-hydrogen) atoms. The molecule has 4 heterocycles. The second-order valence-corrected chi connectivity index (χ2v) is 8.73. The number of piperazine rings is 1. The van der Waals surface area contributed by atoms with E-state index in [9.17, 15) is 9.59 Å². The summed E-state index contributed by atoms with van der Waals surface area (Å²) in [6.07, 6.45) is 0.813. The third-order valence-corrected chi connectivity index (χ3v) is 6.67. The Hall–Kier alpha value is -3.48. The van der Waals surface area contributed by atoms with Gasteiger partial charge in [-0.05, 0) is 42.7 Å². The van der Waals surface area contributed by atoms with Crippen molar-refractivity contribution in [1.82, 2.24) is 15.2 Å². The van der Waals surface area contributed by atoms with Crippen molar-refractivity contribution in [3.63, 3.8) is 0 Å². The molecular weight excluding hydrogens is 422 g/mol. The number of pyridine rings is 1. The van der Waals surface area contributed by atoms with E-state index in [1.165, 1.54) is 16.7 Å². The monoisotopic (exact) mass is 447 g/mol. The van der Waals surface area contributed by atoms with Crippen LogP contribution in [0.1, 0.15) is 44.2 Å². The number of amides is 1. The van der Waals surface area contributed by atoms with E-state index in [2.05, 4.69) is 21.3 Å². The SMILES string of the molecule is Cc1cc(N2CC(CN3CCNC(c4ccc5c(c4C)COC5=O)C3)OC2=O)ncc1C#N. The molecule has 2 saturated heterocycles. The average Bonchev–Trinajstić information content (AvgIpc) is 3.37. The van der Waals surface area contributed by atoms with Gasteiger partial charge in [-0.25, -0.2) is 14.6 Å². The van der Waals surface area contributed by atoms with Gasteiger partial charge >= 0.3 is 12.1 Å². The molecule has 2 fully saturated rings. The average molecular weight is 447 g/mol. The van der Waals surface area contributed by atoms with E-state index in [4.69, 9.17) is 14.7 Å². The van der Waals surface area contributed by atoms with E-state index >= 15 is 0 Å². The molecule has 3 aliphatic heterocycles. The summed E-state index contributed by atoms with van der Waals surface area (Å²) in [6, 6.07) is 7.83. The summed E-state index contributed by atoms with van der Waals surface area (Å²) in [5, 5.41) is 12.7. The second-order valence-electron chi connectivity index (χ2n) is 8.73. The number of hydrogen-bond donors (Lipinski definition) is 1. The first kappa shape index (κ1) is 21.4. The maximum absolute atomic E-state index is 12.5. The number of nitriles is 1. The molecule has 170 valence electrons. The number of carbonyl (C=O) groups is 2. The molecule has 9 heteroatoms. The van der Waals surface area contributed by atoms with Crippen LogP contribution in [0, 0.1) is 25.2 Å². The zero-order valence-electron chi connectivity index (χ0n) is 18.6. The fourth-order valence-corrected chi connectivity index (χ4v) is 4.83. The van der Waals surface area contributed by atoms with E-state index in [1.807, 2.05) is 26.0 Å². The molecule has 1 amide bonds. The lowest BCUT2D eigenvalue weighted by atomic mass is 9.93. The minimum atomic E-state index is -0.414. The van der Waals surface area contributed by atoms with Gasteiger partial charge in [0.25, 0.3) is 0 Å². The fraction of sp³-hybridized carbons (Fsp3) is 0.417. The van der Waals surface area contributed by atoms with Crippen molar-refractivity contribution in [3.8, 4) is 6.07 Å². The van der Waals surface area contributed by atoms with Crippen LogP contribution in [0.4, 0.5) is 10.6 Å². The largest absolute Gasteiger partial charge is 0.457 e. The topological polar surface area (TPSA) is 108 Å². The van der Waals surface area contributed by atoms with Crippen molar-refractivity contribution in [2.75, 3.05) is 37.6 Å². The van der Waals surface area contributed by atoms with Gasteiger partial charge in [-0.3, -0.25) is 9.80 Å². The van der Waals surface area contributed by atoms with Crippen molar-refractivity contribution in [3.05, 3.63) is 57.8 Å². The Morgan fingerprint density at radius 3 is 2.91 bits per heavy atom. The highest BCUT2D eigenvalue weighted by molar-refractivity contribution is 5.94. The molecule has 0 aliphatic carbocycles. The molecule has 1 aromatic carbocycles. The van der Waals surface area contributed by atoms with Crippen LogP contribution in [0.5, 0.6) is 0 Å². The Bertz CT molecular complexity index is 1170. The van der Waals surface area contributed by atoms with E-state index in [0.29, 0.717) is 36.6 Å². The van der Waals surface area contributed by atoms with Crippen molar-refractivity contribution < 1.29 is 19.1 Å². The first-order valence-corrected chi connectivity index (χ1v) is 11.0. The van der Waals surface area contributed by atoms with Crippen LogP contribution in [0.25, 0.3) is 0 Å². The number of benzene rings is 1. The van der Waals surface area contributed by atoms with Crippen LogP contribution < -0.4 is 10.2 Å². The minimum absolute atomic E-state index is 0.121. The number of nitrogens with one attached hydrogen (secondary N) is 1. The van der Waals surface area contributed by atoms with E-state index < -0.39 is 6.09 Å². The number of cyclic esters (lactones) is 2. The number of ether oxygens (including phenoxy) is 2. The number of anilines is 1. The first-order valence-electron chi connectivity index (χ1n) is 11.0. The fourth-order valence-electron chi connectivity index (χ4n) is 4.83. The summed E-state index contributed by atoms with van der Waals surface area (Å²) in [4.78, 5) is 32.4. The van der Waals surface area contributed by atoms with Crippen LogP contribution in [-0.4, -0.2) is 60.8 Å². The summed E-state index contributed by atoms with van der Waals surface area (Å²) < 4.78 is 10.8. The van der Waals surface area contributed by atoms with Crippen LogP contribution in [0.2, 0.25) is 0 Å².